The van der Waals surface area contributed by atoms with Crippen molar-refractivity contribution in [3.8, 4) is 16.8 Å². The maximum atomic E-state index is 15.8. The van der Waals surface area contributed by atoms with Gasteiger partial charge in [-0.3, -0.25) is 9.56 Å². The summed E-state index contributed by atoms with van der Waals surface area (Å²) in [5, 5.41) is 13.2. The molecule has 38 heavy (non-hydrogen) atoms. The van der Waals surface area contributed by atoms with Gasteiger partial charge in [-0.1, -0.05) is 11.8 Å². The first-order valence-corrected chi connectivity index (χ1v) is 13.7. The predicted molar refractivity (Wildman–Crippen MR) is 143 cm³/mol. The summed E-state index contributed by atoms with van der Waals surface area (Å²) < 4.78 is 23.4. The van der Waals surface area contributed by atoms with Crippen molar-refractivity contribution in [2.45, 2.75) is 46.1 Å². The highest BCUT2D eigenvalue weighted by atomic mass is 32.1. The van der Waals surface area contributed by atoms with Gasteiger partial charge in [-0.05, 0) is 62.8 Å². The minimum atomic E-state index is -0.435. The van der Waals surface area contributed by atoms with E-state index in [0.29, 0.717) is 46.3 Å². The fraction of sp³-hybridized carbons (Fsp3) is 0.379. The smallest absolute Gasteiger partial charge is 0.196 e. The number of nitrogens with zero attached hydrogens (tertiary/aromatic N) is 5. The van der Waals surface area contributed by atoms with E-state index >= 15 is 4.39 Å². The molecular formula is C29H27FN6OS. The minimum Gasteiger partial charge on any atom is -0.449 e. The number of hydrogen-bond donors (Lipinski definition) is 1. The van der Waals surface area contributed by atoms with E-state index < -0.39 is 6.04 Å². The average molecular weight is 527 g/mol. The van der Waals surface area contributed by atoms with Crippen LogP contribution in [0, 0.1) is 49.8 Å². The molecule has 0 unspecified atom stereocenters. The summed E-state index contributed by atoms with van der Waals surface area (Å²) in [7, 11) is 0. The van der Waals surface area contributed by atoms with Crippen molar-refractivity contribution in [2.75, 3.05) is 13.1 Å². The number of aromatic nitrogens is 4. The molecule has 1 atom stereocenters. The second-order valence-corrected chi connectivity index (χ2v) is 11.9. The van der Waals surface area contributed by atoms with Crippen LogP contribution >= 0.6 is 11.3 Å². The first-order chi connectivity index (χ1) is 18.4. The van der Waals surface area contributed by atoms with E-state index in [2.05, 4.69) is 46.2 Å². The number of thiophene rings is 1. The van der Waals surface area contributed by atoms with Gasteiger partial charge in [0.05, 0.1) is 18.3 Å². The maximum Gasteiger partial charge on any atom is 0.196 e. The zero-order chi connectivity index (χ0) is 26.0. The Labute approximate surface area is 224 Å². The topological polar surface area (TPSA) is 81.1 Å². The summed E-state index contributed by atoms with van der Waals surface area (Å²) >= 11 is 1.65. The second-order valence-electron chi connectivity index (χ2n) is 10.7. The van der Waals surface area contributed by atoms with E-state index in [9.17, 15) is 0 Å². The van der Waals surface area contributed by atoms with Gasteiger partial charge in [-0.25, -0.2) is 9.37 Å². The largest absolute Gasteiger partial charge is 0.449 e. The van der Waals surface area contributed by atoms with Gasteiger partial charge in [0, 0.05) is 40.6 Å². The van der Waals surface area contributed by atoms with Gasteiger partial charge in [-0.15, -0.1) is 21.5 Å². The zero-order valence-corrected chi connectivity index (χ0v) is 22.3. The van der Waals surface area contributed by atoms with Gasteiger partial charge in [0.2, 0.25) is 0 Å². The van der Waals surface area contributed by atoms with Gasteiger partial charge < -0.3 is 9.73 Å². The highest BCUT2D eigenvalue weighted by Crippen LogP contribution is 2.48. The SMILES string of the molecule is Cc1sc2c(c1C)C(c1ccc(C#CC3CC4(CNC4)C3)cc1F)=N[C@@H](Cc1ncco1)c1nnc(C)n1-2. The third-order valence-corrected chi connectivity index (χ3v) is 9.29. The van der Waals surface area contributed by atoms with Crippen molar-refractivity contribution >= 4 is 17.0 Å². The van der Waals surface area contributed by atoms with E-state index in [0.717, 1.165) is 52.8 Å². The van der Waals surface area contributed by atoms with E-state index in [1.807, 2.05) is 23.6 Å². The van der Waals surface area contributed by atoms with Crippen molar-refractivity contribution in [2.24, 2.45) is 16.3 Å². The monoisotopic (exact) mass is 526 g/mol. The first-order valence-electron chi connectivity index (χ1n) is 12.9. The molecule has 3 aliphatic rings. The number of hydrogen-bond acceptors (Lipinski definition) is 7. The summed E-state index contributed by atoms with van der Waals surface area (Å²) in [4.78, 5) is 10.6. The van der Waals surface area contributed by atoms with Crippen LogP contribution in [0.25, 0.3) is 5.00 Å². The van der Waals surface area contributed by atoms with Gasteiger partial charge >= 0.3 is 0 Å². The molecule has 0 amide bonds. The molecule has 9 heteroatoms. The molecule has 1 aliphatic carbocycles. The molecule has 3 aromatic heterocycles. The molecule has 1 aromatic carbocycles. The van der Waals surface area contributed by atoms with E-state index in [4.69, 9.17) is 9.41 Å². The molecule has 0 radical (unpaired) electrons. The third kappa shape index (κ3) is 3.74. The summed E-state index contributed by atoms with van der Waals surface area (Å²) in [5.74, 6) is 8.65. The van der Waals surface area contributed by atoms with Crippen LogP contribution in [0.3, 0.4) is 0 Å². The number of nitrogens with one attached hydrogen (secondary N) is 1. The maximum absolute atomic E-state index is 15.8. The van der Waals surface area contributed by atoms with Crippen LogP contribution in [-0.4, -0.2) is 38.5 Å². The molecule has 192 valence electrons. The van der Waals surface area contributed by atoms with Gasteiger partial charge in [0.25, 0.3) is 0 Å². The van der Waals surface area contributed by atoms with Crippen LogP contribution in [0.15, 0.2) is 40.1 Å². The molecule has 1 saturated carbocycles. The zero-order valence-electron chi connectivity index (χ0n) is 21.5. The van der Waals surface area contributed by atoms with Gasteiger partial charge in [0.15, 0.2) is 11.7 Å². The van der Waals surface area contributed by atoms with Crippen molar-refractivity contribution in [1.82, 2.24) is 25.1 Å². The number of fused-ring (bicyclic) bond motifs is 3. The predicted octanol–water partition coefficient (Wildman–Crippen LogP) is 4.87. The van der Waals surface area contributed by atoms with Crippen LogP contribution in [0.4, 0.5) is 4.39 Å². The Morgan fingerprint density at radius 3 is 2.76 bits per heavy atom. The molecule has 2 fully saturated rings. The van der Waals surface area contributed by atoms with Crippen molar-refractivity contribution < 1.29 is 8.81 Å². The Balaban J connectivity index is 1.30. The Bertz CT molecular complexity index is 1640. The summed E-state index contributed by atoms with van der Waals surface area (Å²) in [6, 6.07) is 4.82. The van der Waals surface area contributed by atoms with E-state index in [-0.39, 0.29) is 5.82 Å². The Morgan fingerprint density at radius 1 is 1.21 bits per heavy atom. The molecule has 7 nitrogen and oxygen atoms in total. The lowest BCUT2D eigenvalue weighted by molar-refractivity contribution is 0.0266. The van der Waals surface area contributed by atoms with Crippen LogP contribution in [0.2, 0.25) is 0 Å². The lowest BCUT2D eigenvalue weighted by Crippen LogP contribution is -2.59. The molecule has 1 saturated heterocycles. The lowest BCUT2D eigenvalue weighted by Gasteiger charge is -2.53. The fourth-order valence-corrected chi connectivity index (χ4v) is 7.07. The molecular weight excluding hydrogens is 499 g/mol. The number of benzene rings is 1. The van der Waals surface area contributed by atoms with Crippen molar-refractivity contribution in [3.63, 3.8) is 0 Å². The molecule has 0 bridgehead atoms. The summed E-state index contributed by atoms with van der Waals surface area (Å²) in [6.45, 7) is 8.28. The highest BCUT2D eigenvalue weighted by molar-refractivity contribution is 7.15. The standard InChI is InChI=1S/C29H27FN6OS/c1-16-17(2)38-28-25(16)26(33-23(11-24-32-8-9-37-24)27-35-34-18(3)36(27)28)21-7-6-19(10-22(21)30)4-5-20-12-29(13-20)14-31-15-29/h6-10,20,23,31H,11-15H2,1-3H3/t23-/m0/s1. The Morgan fingerprint density at radius 2 is 2.05 bits per heavy atom. The average Bonchev–Trinajstić information content (AvgIpc) is 3.53. The molecule has 1 N–H and O–H groups in total. The van der Waals surface area contributed by atoms with Crippen LogP contribution in [0.1, 0.15) is 63.6 Å². The molecule has 1 spiro atoms. The highest BCUT2D eigenvalue weighted by Gasteiger charge is 2.47. The number of rotatable bonds is 3. The quantitative estimate of drug-likeness (QED) is 0.386. The summed E-state index contributed by atoms with van der Waals surface area (Å²) in [5.41, 5.74) is 4.22. The lowest BCUT2D eigenvalue weighted by atomic mass is 9.59. The van der Waals surface area contributed by atoms with E-state index in [1.165, 1.54) is 6.07 Å². The van der Waals surface area contributed by atoms with E-state index in [1.54, 1.807) is 23.8 Å². The fourth-order valence-electron chi connectivity index (χ4n) is 5.85. The number of halogens is 1. The van der Waals surface area contributed by atoms with Gasteiger partial charge in [-0.2, -0.15) is 0 Å². The van der Waals surface area contributed by atoms with Gasteiger partial charge in [0.1, 0.15) is 28.9 Å². The van der Waals surface area contributed by atoms with Crippen molar-refractivity contribution in [1.29, 1.82) is 0 Å². The van der Waals surface area contributed by atoms with Crippen LogP contribution in [0.5, 0.6) is 0 Å². The Hall–Kier alpha value is -3.61. The Kier molecular flexibility index (Phi) is 5.39. The number of aryl methyl sites for hydroxylation is 2. The third-order valence-electron chi connectivity index (χ3n) is 8.09. The second kappa shape index (κ2) is 8.72. The molecule has 7 rings (SSSR count). The first kappa shape index (κ1) is 23.5. The molecule has 5 heterocycles. The number of oxazole rings is 1. The van der Waals surface area contributed by atoms with Crippen LogP contribution in [-0.2, 0) is 6.42 Å². The molecule has 4 aromatic rings. The summed E-state index contributed by atoms with van der Waals surface area (Å²) in [6.07, 6.45) is 5.83. The normalized spacial score (nSPS) is 19.5. The van der Waals surface area contributed by atoms with Crippen molar-refractivity contribution in [3.05, 3.63) is 81.1 Å². The number of aliphatic imine (C=N–C) groups is 1. The van der Waals surface area contributed by atoms with Crippen LogP contribution < -0.4 is 5.32 Å². The minimum absolute atomic E-state index is 0.331. The molecule has 2 aliphatic heterocycles.